The van der Waals surface area contributed by atoms with Gasteiger partial charge in [0.15, 0.2) is 0 Å². The lowest BCUT2D eigenvalue weighted by molar-refractivity contribution is -0.147. The number of esters is 1. The second-order valence-corrected chi connectivity index (χ2v) is 6.64. The number of alkyl halides is 1. The Hall–Kier alpha value is -2.22. The highest BCUT2D eigenvalue weighted by molar-refractivity contribution is 5.83. The standard InChI is InChI=1S/C19H22FNO3/c1-13(18(23)24-12-19(2,20)11-21)15-8-6-14(7-9-15)10-16-4-3-5-17(16)22/h6-9,13,16H,3-5,10,12H2,1-2H3/t13?,16?,19-/m0/s1. The number of rotatable bonds is 6. The van der Waals surface area contributed by atoms with E-state index in [0.29, 0.717) is 12.2 Å². The third-order valence-corrected chi connectivity index (χ3v) is 4.47. The molecule has 1 aliphatic carbocycles. The maximum atomic E-state index is 13.5. The van der Waals surface area contributed by atoms with E-state index in [2.05, 4.69) is 0 Å². The molecule has 1 aliphatic rings. The molecule has 5 heteroatoms. The molecule has 0 aliphatic heterocycles. The molecule has 1 fully saturated rings. The van der Waals surface area contributed by atoms with Crippen LogP contribution in [0.2, 0.25) is 0 Å². The van der Waals surface area contributed by atoms with E-state index in [0.717, 1.165) is 37.3 Å². The lowest BCUT2D eigenvalue weighted by Crippen LogP contribution is -2.26. The van der Waals surface area contributed by atoms with Crippen molar-refractivity contribution in [2.24, 2.45) is 5.92 Å². The SMILES string of the molecule is CC(C(=O)OC[C@@](C)(F)C#N)c1ccc(CC2CCCC2=O)cc1. The van der Waals surface area contributed by atoms with Gasteiger partial charge in [0.05, 0.1) is 5.92 Å². The molecule has 0 amide bonds. The molecule has 0 spiro atoms. The van der Waals surface area contributed by atoms with Crippen molar-refractivity contribution in [1.82, 2.24) is 0 Å². The van der Waals surface area contributed by atoms with Gasteiger partial charge in [-0.25, -0.2) is 4.39 Å². The first-order valence-electron chi connectivity index (χ1n) is 8.21. The first kappa shape index (κ1) is 18.1. The molecule has 1 aromatic carbocycles. The van der Waals surface area contributed by atoms with Crippen LogP contribution in [0.25, 0.3) is 0 Å². The van der Waals surface area contributed by atoms with Crippen LogP contribution in [-0.4, -0.2) is 24.0 Å². The van der Waals surface area contributed by atoms with Gasteiger partial charge in [0.25, 0.3) is 0 Å². The van der Waals surface area contributed by atoms with Gasteiger partial charge in [-0.1, -0.05) is 24.3 Å². The molecule has 4 nitrogen and oxygen atoms in total. The Bertz CT molecular complexity index is 646. The number of nitriles is 1. The van der Waals surface area contributed by atoms with E-state index in [1.54, 1.807) is 6.92 Å². The Morgan fingerprint density at radius 2 is 2.12 bits per heavy atom. The predicted molar refractivity (Wildman–Crippen MR) is 87.0 cm³/mol. The second kappa shape index (κ2) is 7.57. The largest absolute Gasteiger partial charge is 0.461 e. The molecular weight excluding hydrogens is 309 g/mol. The molecule has 0 bridgehead atoms. The van der Waals surface area contributed by atoms with E-state index >= 15 is 0 Å². The number of benzene rings is 1. The Morgan fingerprint density at radius 1 is 1.46 bits per heavy atom. The van der Waals surface area contributed by atoms with Crippen molar-refractivity contribution < 1.29 is 18.7 Å². The average Bonchev–Trinajstić information content (AvgIpc) is 2.97. The number of ether oxygens (including phenoxy) is 1. The minimum atomic E-state index is -2.17. The summed E-state index contributed by atoms with van der Waals surface area (Å²) in [5, 5.41) is 8.59. The summed E-state index contributed by atoms with van der Waals surface area (Å²) in [6, 6.07) is 8.95. The molecule has 0 saturated heterocycles. The van der Waals surface area contributed by atoms with Gasteiger partial charge >= 0.3 is 5.97 Å². The van der Waals surface area contributed by atoms with Crippen LogP contribution < -0.4 is 0 Å². The predicted octanol–water partition coefficient (Wildman–Crippen LogP) is 3.50. The monoisotopic (exact) mass is 331 g/mol. The molecule has 128 valence electrons. The number of carbonyl (C=O) groups is 2. The number of ketones is 1. The summed E-state index contributed by atoms with van der Waals surface area (Å²) in [6.45, 7) is 2.18. The third kappa shape index (κ3) is 4.64. The van der Waals surface area contributed by atoms with Crippen LogP contribution in [0.3, 0.4) is 0 Å². The third-order valence-electron chi connectivity index (χ3n) is 4.47. The fraction of sp³-hybridized carbons (Fsp3) is 0.526. The normalized spacial score (nSPS) is 20.9. The van der Waals surface area contributed by atoms with Crippen LogP contribution in [0.1, 0.15) is 50.2 Å². The van der Waals surface area contributed by atoms with Crippen molar-refractivity contribution in [2.75, 3.05) is 6.61 Å². The lowest BCUT2D eigenvalue weighted by atomic mass is 9.94. The van der Waals surface area contributed by atoms with Crippen molar-refractivity contribution in [3.63, 3.8) is 0 Å². The highest BCUT2D eigenvalue weighted by atomic mass is 19.1. The summed E-state index contributed by atoms with van der Waals surface area (Å²) >= 11 is 0. The van der Waals surface area contributed by atoms with Gasteiger partial charge in [-0.3, -0.25) is 9.59 Å². The molecule has 2 rings (SSSR count). The zero-order chi connectivity index (χ0) is 17.7. The van der Waals surface area contributed by atoms with Crippen LogP contribution in [0.5, 0.6) is 0 Å². The topological polar surface area (TPSA) is 67.2 Å². The number of halogens is 1. The van der Waals surface area contributed by atoms with E-state index in [1.807, 2.05) is 24.3 Å². The van der Waals surface area contributed by atoms with Crippen molar-refractivity contribution in [3.8, 4) is 6.07 Å². The fourth-order valence-corrected chi connectivity index (χ4v) is 2.83. The van der Waals surface area contributed by atoms with Gasteiger partial charge in [0, 0.05) is 12.3 Å². The summed E-state index contributed by atoms with van der Waals surface area (Å²) < 4.78 is 18.3. The molecule has 0 radical (unpaired) electrons. The highest BCUT2D eigenvalue weighted by Crippen LogP contribution is 2.26. The lowest BCUT2D eigenvalue weighted by Gasteiger charge is -2.16. The zero-order valence-corrected chi connectivity index (χ0v) is 14.0. The van der Waals surface area contributed by atoms with Crippen molar-refractivity contribution in [1.29, 1.82) is 5.26 Å². The number of hydrogen-bond donors (Lipinski definition) is 0. The molecule has 0 N–H and O–H groups in total. The molecule has 24 heavy (non-hydrogen) atoms. The first-order valence-corrected chi connectivity index (χ1v) is 8.21. The van der Waals surface area contributed by atoms with Gasteiger partial charge in [0.1, 0.15) is 18.5 Å². The van der Waals surface area contributed by atoms with E-state index < -0.39 is 24.2 Å². The first-order chi connectivity index (χ1) is 11.3. The Morgan fingerprint density at radius 3 is 2.67 bits per heavy atom. The minimum absolute atomic E-state index is 0.117. The maximum Gasteiger partial charge on any atom is 0.313 e. The van der Waals surface area contributed by atoms with Crippen LogP contribution in [0.4, 0.5) is 4.39 Å². The molecule has 3 atom stereocenters. The maximum absolute atomic E-state index is 13.5. The summed E-state index contributed by atoms with van der Waals surface area (Å²) in [4.78, 5) is 23.7. The zero-order valence-electron chi connectivity index (χ0n) is 14.0. The molecule has 1 saturated carbocycles. The number of hydrogen-bond acceptors (Lipinski definition) is 4. The highest BCUT2D eigenvalue weighted by Gasteiger charge is 2.27. The summed E-state index contributed by atoms with van der Waals surface area (Å²) in [5.41, 5.74) is -0.341. The Balaban J connectivity index is 1.93. The number of nitrogens with zero attached hydrogens (tertiary/aromatic N) is 1. The number of carbonyl (C=O) groups excluding carboxylic acids is 2. The van der Waals surface area contributed by atoms with E-state index in [9.17, 15) is 14.0 Å². The minimum Gasteiger partial charge on any atom is -0.461 e. The van der Waals surface area contributed by atoms with Crippen LogP contribution in [0, 0.1) is 17.2 Å². The molecule has 0 aromatic heterocycles. The average molecular weight is 331 g/mol. The molecule has 2 unspecified atom stereocenters. The van der Waals surface area contributed by atoms with Crippen molar-refractivity contribution in [2.45, 2.75) is 51.1 Å². The van der Waals surface area contributed by atoms with Gasteiger partial charge < -0.3 is 4.74 Å². The fourth-order valence-electron chi connectivity index (χ4n) is 2.83. The van der Waals surface area contributed by atoms with Crippen molar-refractivity contribution in [3.05, 3.63) is 35.4 Å². The van der Waals surface area contributed by atoms with E-state index in [1.165, 1.54) is 6.07 Å². The number of Topliss-reactive ketones (excluding diaryl/α,β-unsaturated/α-hetero) is 1. The second-order valence-electron chi connectivity index (χ2n) is 6.64. The van der Waals surface area contributed by atoms with Crippen molar-refractivity contribution >= 4 is 11.8 Å². The molecule has 0 heterocycles. The van der Waals surface area contributed by atoms with Gasteiger partial charge in [-0.05, 0) is 44.2 Å². The van der Waals surface area contributed by atoms with E-state index in [-0.39, 0.29) is 5.92 Å². The van der Waals surface area contributed by atoms with Gasteiger partial charge in [-0.2, -0.15) is 5.26 Å². The Labute approximate surface area is 141 Å². The smallest absolute Gasteiger partial charge is 0.313 e. The quantitative estimate of drug-likeness (QED) is 0.748. The Kier molecular flexibility index (Phi) is 5.71. The van der Waals surface area contributed by atoms with Crippen LogP contribution in [0.15, 0.2) is 24.3 Å². The van der Waals surface area contributed by atoms with Gasteiger partial charge in [0.2, 0.25) is 5.67 Å². The van der Waals surface area contributed by atoms with Crippen LogP contribution in [-0.2, 0) is 20.7 Å². The van der Waals surface area contributed by atoms with Crippen LogP contribution >= 0.6 is 0 Å². The molecular formula is C19H22FNO3. The van der Waals surface area contributed by atoms with Gasteiger partial charge in [-0.15, -0.1) is 0 Å². The summed E-state index contributed by atoms with van der Waals surface area (Å²) in [5.74, 6) is -0.649. The summed E-state index contributed by atoms with van der Waals surface area (Å²) in [7, 11) is 0. The molecule has 1 aromatic rings. The summed E-state index contributed by atoms with van der Waals surface area (Å²) in [6.07, 6.45) is 3.34. The van der Waals surface area contributed by atoms with E-state index in [4.69, 9.17) is 10.00 Å².